The van der Waals surface area contributed by atoms with Gasteiger partial charge >= 0.3 is 6.09 Å². The molecule has 3 nitrogen and oxygen atoms in total. The van der Waals surface area contributed by atoms with Crippen LogP contribution in [-0.4, -0.2) is 35.9 Å². The lowest BCUT2D eigenvalue weighted by molar-refractivity contribution is 0.0281. The van der Waals surface area contributed by atoms with Gasteiger partial charge in [-0.1, -0.05) is 6.92 Å². The zero-order valence-electron chi connectivity index (χ0n) is 9.21. The third-order valence-electron chi connectivity index (χ3n) is 2.17. The minimum Gasteiger partial charge on any atom is -0.444 e. The summed E-state index contributed by atoms with van der Waals surface area (Å²) < 4.78 is 18.2. The molecule has 82 valence electrons. The number of hydrogen-bond donors (Lipinski definition) is 0. The number of amides is 1. The van der Waals surface area contributed by atoms with E-state index in [9.17, 15) is 9.18 Å². The van der Waals surface area contributed by atoms with Crippen LogP contribution in [0.2, 0.25) is 0 Å². The van der Waals surface area contributed by atoms with E-state index in [0.29, 0.717) is 6.54 Å². The maximum absolute atomic E-state index is 13.1. The first kappa shape index (κ1) is 11.3. The molecule has 1 rings (SSSR count). The van der Waals surface area contributed by atoms with Crippen LogP contribution in [0.25, 0.3) is 0 Å². The lowest BCUT2D eigenvalue weighted by Crippen LogP contribution is -2.35. The summed E-state index contributed by atoms with van der Waals surface area (Å²) in [5.74, 6) is -0.0810. The molecule has 0 N–H and O–H groups in total. The van der Waals surface area contributed by atoms with Crippen LogP contribution in [0.5, 0.6) is 0 Å². The first-order valence-corrected chi connectivity index (χ1v) is 4.91. The summed E-state index contributed by atoms with van der Waals surface area (Å²) in [4.78, 5) is 12.9. The van der Waals surface area contributed by atoms with Crippen molar-refractivity contribution in [1.29, 1.82) is 0 Å². The van der Waals surface area contributed by atoms with Crippen molar-refractivity contribution in [3.05, 3.63) is 0 Å². The zero-order valence-corrected chi connectivity index (χ0v) is 9.21. The fraction of sp³-hybridized carbons (Fsp3) is 0.900. The second-order valence-electron chi connectivity index (χ2n) is 4.88. The van der Waals surface area contributed by atoms with Gasteiger partial charge in [0.25, 0.3) is 0 Å². The van der Waals surface area contributed by atoms with Crippen LogP contribution in [0.4, 0.5) is 9.18 Å². The van der Waals surface area contributed by atoms with Gasteiger partial charge in [0.05, 0.1) is 6.54 Å². The van der Waals surface area contributed by atoms with Crippen molar-refractivity contribution in [2.24, 2.45) is 5.92 Å². The van der Waals surface area contributed by atoms with E-state index in [2.05, 4.69) is 0 Å². The maximum Gasteiger partial charge on any atom is 0.410 e. The van der Waals surface area contributed by atoms with Gasteiger partial charge in [0.2, 0.25) is 0 Å². The standard InChI is InChI=1S/C10H18FNO2/c1-7-5-12(6-8(7)11)9(13)14-10(2,3)4/h7-8H,5-6H2,1-4H3/t7-,8+/m1/s1. The molecule has 0 saturated carbocycles. The summed E-state index contributed by atoms with van der Waals surface area (Å²) in [6, 6.07) is 0. The van der Waals surface area contributed by atoms with E-state index in [1.165, 1.54) is 4.90 Å². The normalized spacial score (nSPS) is 27.9. The van der Waals surface area contributed by atoms with Gasteiger partial charge in [-0.15, -0.1) is 0 Å². The van der Waals surface area contributed by atoms with Crippen molar-refractivity contribution in [3.8, 4) is 0 Å². The Bertz CT molecular complexity index is 215. The zero-order chi connectivity index (χ0) is 10.9. The van der Waals surface area contributed by atoms with Gasteiger partial charge in [-0.25, -0.2) is 9.18 Å². The van der Waals surface area contributed by atoms with Crippen molar-refractivity contribution < 1.29 is 13.9 Å². The molecule has 0 aromatic carbocycles. The maximum atomic E-state index is 13.1. The summed E-state index contributed by atoms with van der Waals surface area (Å²) >= 11 is 0. The Hall–Kier alpha value is -0.800. The molecule has 1 aliphatic rings. The van der Waals surface area contributed by atoms with Crippen LogP contribution in [0, 0.1) is 5.92 Å². The van der Waals surface area contributed by atoms with Gasteiger partial charge in [0, 0.05) is 12.5 Å². The number of carbonyl (C=O) groups excluding carboxylic acids is 1. The van der Waals surface area contributed by atoms with Gasteiger partial charge in [0.1, 0.15) is 11.8 Å². The summed E-state index contributed by atoms with van der Waals surface area (Å²) in [7, 11) is 0. The smallest absolute Gasteiger partial charge is 0.410 e. The van der Waals surface area contributed by atoms with E-state index in [0.717, 1.165) is 0 Å². The average Bonchev–Trinajstić information content (AvgIpc) is 2.28. The summed E-state index contributed by atoms with van der Waals surface area (Å²) in [6.45, 7) is 7.83. The van der Waals surface area contributed by atoms with Crippen LogP contribution in [0.3, 0.4) is 0 Å². The Labute approximate surface area is 84.2 Å². The Morgan fingerprint density at radius 3 is 2.36 bits per heavy atom. The molecule has 1 amide bonds. The Balaban J connectivity index is 2.48. The van der Waals surface area contributed by atoms with E-state index in [-0.39, 0.29) is 12.5 Å². The Kier molecular flexibility index (Phi) is 3.02. The average molecular weight is 203 g/mol. The minimum atomic E-state index is -0.914. The molecule has 0 aliphatic carbocycles. The first-order chi connectivity index (χ1) is 6.29. The SMILES string of the molecule is C[C@@H]1CN(C(=O)OC(C)(C)C)C[C@@H]1F. The highest BCUT2D eigenvalue weighted by atomic mass is 19.1. The third kappa shape index (κ3) is 2.86. The Morgan fingerprint density at radius 1 is 1.43 bits per heavy atom. The second-order valence-corrected chi connectivity index (χ2v) is 4.88. The predicted octanol–water partition coefficient (Wildman–Crippen LogP) is 2.21. The van der Waals surface area contributed by atoms with Crippen molar-refractivity contribution in [1.82, 2.24) is 4.90 Å². The summed E-state index contributed by atoms with van der Waals surface area (Å²) in [5, 5.41) is 0. The van der Waals surface area contributed by atoms with Gasteiger partial charge < -0.3 is 9.64 Å². The van der Waals surface area contributed by atoms with E-state index in [1.807, 2.05) is 0 Å². The van der Waals surface area contributed by atoms with E-state index < -0.39 is 17.9 Å². The number of rotatable bonds is 0. The highest BCUT2D eigenvalue weighted by Gasteiger charge is 2.34. The van der Waals surface area contributed by atoms with Gasteiger partial charge in [-0.2, -0.15) is 0 Å². The van der Waals surface area contributed by atoms with E-state index >= 15 is 0 Å². The number of likely N-dealkylation sites (tertiary alicyclic amines) is 1. The lowest BCUT2D eigenvalue weighted by atomic mass is 10.1. The van der Waals surface area contributed by atoms with E-state index in [4.69, 9.17) is 4.74 Å². The molecule has 0 aromatic rings. The van der Waals surface area contributed by atoms with Crippen molar-refractivity contribution >= 4 is 6.09 Å². The summed E-state index contributed by atoms with van der Waals surface area (Å²) in [5.41, 5.74) is -0.505. The largest absolute Gasteiger partial charge is 0.444 e. The van der Waals surface area contributed by atoms with Crippen LogP contribution in [0.1, 0.15) is 27.7 Å². The van der Waals surface area contributed by atoms with Gasteiger partial charge in [-0.3, -0.25) is 0 Å². The van der Waals surface area contributed by atoms with Gasteiger partial charge in [-0.05, 0) is 20.8 Å². The van der Waals surface area contributed by atoms with Crippen LogP contribution >= 0.6 is 0 Å². The molecule has 1 saturated heterocycles. The fourth-order valence-corrected chi connectivity index (χ4v) is 1.40. The van der Waals surface area contributed by atoms with Crippen molar-refractivity contribution in [3.63, 3.8) is 0 Å². The van der Waals surface area contributed by atoms with Crippen LogP contribution in [-0.2, 0) is 4.74 Å². The first-order valence-electron chi connectivity index (χ1n) is 4.91. The number of carbonyl (C=O) groups is 1. The molecule has 1 fully saturated rings. The van der Waals surface area contributed by atoms with Crippen LogP contribution < -0.4 is 0 Å². The second kappa shape index (κ2) is 3.75. The number of nitrogens with zero attached hydrogens (tertiary/aromatic N) is 1. The topological polar surface area (TPSA) is 29.5 Å². The van der Waals surface area contributed by atoms with E-state index in [1.54, 1.807) is 27.7 Å². The molecule has 0 unspecified atom stereocenters. The molecule has 0 radical (unpaired) electrons. The molecule has 0 aromatic heterocycles. The van der Waals surface area contributed by atoms with Gasteiger partial charge in [0.15, 0.2) is 0 Å². The molecule has 4 heteroatoms. The predicted molar refractivity (Wildman–Crippen MR) is 51.9 cm³/mol. The molecule has 0 bridgehead atoms. The highest BCUT2D eigenvalue weighted by Crippen LogP contribution is 2.21. The third-order valence-corrected chi connectivity index (χ3v) is 2.17. The molecule has 2 atom stereocenters. The van der Waals surface area contributed by atoms with Crippen molar-refractivity contribution in [2.75, 3.05) is 13.1 Å². The number of hydrogen-bond acceptors (Lipinski definition) is 2. The molecule has 14 heavy (non-hydrogen) atoms. The number of halogens is 1. The highest BCUT2D eigenvalue weighted by molar-refractivity contribution is 5.68. The number of ether oxygens (including phenoxy) is 1. The molecule has 0 spiro atoms. The number of alkyl halides is 1. The molecular weight excluding hydrogens is 185 g/mol. The summed E-state index contributed by atoms with van der Waals surface area (Å²) in [6.07, 6.45) is -1.33. The molecule has 1 heterocycles. The monoisotopic (exact) mass is 203 g/mol. The van der Waals surface area contributed by atoms with Crippen LogP contribution in [0.15, 0.2) is 0 Å². The van der Waals surface area contributed by atoms with Crippen molar-refractivity contribution in [2.45, 2.75) is 39.5 Å². The Morgan fingerprint density at radius 2 is 2.00 bits per heavy atom. The molecule has 1 aliphatic heterocycles. The minimum absolute atomic E-state index is 0.0810. The molecular formula is C10H18FNO2. The quantitative estimate of drug-likeness (QED) is 0.604. The lowest BCUT2D eigenvalue weighted by Gasteiger charge is -2.24. The fourth-order valence-electron chi connectivity index (χ4n) is 1.40.